The van der Waals surface area contributed by atoms with Crippen molar-refractivity contribution in [2.45, 2.75) is 25.8 Å². The fourth-order valence-corrected chi connectivity index (χ4v) is 3.63. The van der Waals surface area contributed by atoms with E-state index in [9.17, 15) is 0 Å². The molecule has 0 bridgehead atoms. The van der Waals surface area contributed by atoms with E-state index in [1.54, 1.807) is 0 Å². The fourth-order valence-electron chi connectivity index (χ4n) is 3.63. The Morgan fingerprint density at radius 3 is 2.54 bits per heavy atom. The van der Waals surface area contributed by atoms with Crippen molar-refractivity contribution >= 4 is 16.5 Å². The molecular formula is C25H26N2O. The van der Waals surface area contributed by atoms with E-state index in [-0.39, 0.29) is 0 Å². The van der Waals surface area contributed by atoms with Gasteiger partial charge in [-0.3, -0.25) is 0 Å². The molecule has 142 valence electrons. The average Bonchev–Trinajstić information content (AvgIpc) is 3.20. The van der Waals surface area contributed by atoms with Crippen molar-refractivity contribution in [3.8, 4) is 11.3 Å². The lowest BCUT2D eigenvalue weighted by Crippen LogP contribution is -2.20. The van der Waals surface area contributed by atoms with Crippen LogP contribution in [0.2, 0.25) is 0 Å². The molecule has 0 amide bonds. The van der Waals surface area contributed by atoms with Gasteiger partial charge in [-0.05, 0) is 72.6 Å². The Labute approximate surface area is 166 Å². The minimum absolute atomic E-state index is 0.313. The van der Waals surface area contributed by atoms with Gasteiger partial charge in [0.05, 0.1) is 0 Å². The summed E-state index contributed by atoms with van der Waals surface area (Å²) in [5.74, 6) is 1.92. The molecule has 3 aromatic carbocycles. The summed E-state index contributed by atoms with van der Waals surface area (Å²) in [5.41, 5.74) is 8.92. The van der Waals surface area contributed by atoms with Crippen LogP contribution in [0.3, 0.4) is 0 Å². The van der Waals surface area contributed by atoms with Gasteiger partial charge in [0.2, 0.25) is 0 Å². The van der Waals surface area contributed by atoms with Gasteiger partial charge >= 0.3 is 0 Å². The zero-order chi connectivity index (χ0) is 19.3. The molecule has 4 rings (SSSR count). The van der Waals surface area contributed by atoms with Crippen LogP contribution in [0, 0.1) is 0 Å². The highest BCUT2D eigenvalue weighted by Crippen LogP contribution is 2.25. The van der Waals surface area contributed by atoms with Gasteiger partial charge in [0.25, 0.3) is 0 Å². The van der Waals surface area contributed by atoms with Crippen LogP contribution in [0.25, 0.3) is 22.1 Å². The number of fused-ring (bicyclic) bond motifs is 1. The third-order valence-electron chi connectivity index (χ3n) is 5.20. The monoisotopic (exact) mass is 370 g/mol. The topological polar surface area (TPSA) is 51.2 Å². The van der Waals surface area contributed by atoms with E-state index < -0.39 is 0 Å². The lowest BCUT2D eigenvalue weighted by atomic mass is 9.99. The Kier molecular flexibility index (Phi) is 5.45. The molecule has 0 fully saturated rings. The molecular weight excluding hydrogens is 344 g/mol. The van der Waals surface area contributed by atoms with Crippen molar-refractivity contribution < 1.29 is 4.42 Å². The molecule has 0 aliphatic rings. The Hall–Kier alpha value is -3.04. The Morgan fingerprint density at radius 2 is 1.68 bits per heavy atom. The summed E-state index contributed by atoms with van der Waals surface area (Å²) in [6, 6.07) is 27.3. The Bertz CT molecular complexity index is 1040. The quantitative estimate of drug-likeness (QED) is 0.311. The van der Waals surface area contributed by atoms with Gasteiger partial charge in [0, 0.05) is 23.7 Å². The smallest absolute Gasteiger partial charge is 0.134 e. The molecule has 0 aliphatic carbocycles. The van der Waals surface area contributed by atoms with E-state index in [1.165, 1.54) is 16.3 Å². The maximum atomic E-state index is 5.99. The molecule has 0 saturated heterocycles. The fraction of sp³-hybridized carbons (Fsp3) is 0.200. The summed E-state index contributed by atoms with van der Waals surface area (Å²) >= 11 is 0. The van der Waals surface area contributed by atoms with Crippen LogP contribution in [0.5, 0.6) is 0 Å². The molecule has 3 heteroatoms. The maximum absolute atomic E-state index is 5.99. The van der Waals surface area contributed by atoms with Crippen LogP contribution in [-0.2, 0) is 6.42 Å². The number of nitrogens with two attached hydrogens (primary N) is 1. The average molecular weight is 370 g/mol. The Morgan fingerprint density at radius 1 is 0.893 bits per heavy atom. The second kappa shape index (κ2) is 8.32. The Balaban J connectivity index is 1.31. The minimum Gasteiger partial charge on any atom is -0.461 e. The summed E-state index contributed by atoms with van der Waals surface area (Å²) < 4.78 is 5.99. The summed E-state index contributed by atoms with van der Waals surface area (Å²) in [6.07, 6.45) is 1.95. The maximum Gasteiger partial charge on any atom is 0.134 e. The van der Waals surface area contributed by atoms with Gasteiger partial charge in [0.15, 0.2) is 0 Å². The molecule has 1 aromatic heterocycles. The van der Waals surface area contributed by atoms with E-state index in [0.29, 0.717) is 6.04 Å². The molecule has 0 saturated carbocycles. The summed E-state index contributed by atoms with van der Waals surface area (Å²) in [6.45, 7) is 3.18. The zero-order valence-electron chi connectivity index (χ0n) is 16.2. The molecule has 4 aromatic rings. The van der Waals surface area contributed by atoms with Gasteiger partial charge < -0.3 is 15.5 Å². The number of hydrogen-bond acceptors (Lipinski definition) is 3. The van der Waals surface area contributed by atoms with E-state index >= 15 is 0 Å². The SMILES string of the molecule is CC(NCCCc1ccc(-c2ccc(N)cc2)o1)c1cccc2ccccc12. The normalized spacial score (nSPS) is 12.3. The van der Waals surface area contributed by atoms with Crippen LogP contribution in [0.4, 0.5) is 5.69 Å². The molecule has 1 heterocycles. The van der Waals surface area contributed by atoms with Gasteiger partial charge in [-0.25, -0.2) is 0 Å². The van der Waals surface area contributed by atoms with E-state index in [4.69, 9.17) is 10.2 Å². The number of hydrogen-bond donors (Lipinski definition) is 2. The van der Waals surface area contributed by atoms with Crippen molar-refractivity contribution in [1.29, 1.82) is 0 Å². The predicted molar refractivity (Wildman–Crippen MR) is 117 cm³/mol. The van der Waals surface area contributed by atoms with E-state index in [0.717, 1.165) is 42.2 Å². The van der Waals surface area contributed by atoms with Crippen molar-refractivity contribution in [2.75, 3.05) is 12.3 Å². The zero-order valence-corrected chi connectivity index (χ0v) is 16.2. The number of anilines is 1. The van der Waals surface area contributed by atoms with Gasteiger partial charge in [-0.1, -0.05) is 42.5 Å². The van der Waals surface area contributed by atoms with Crippen molar-refractivity contribution in [3.05, 3.63) is 90.2 Å². The highest BCUT2D eigenvalue weighted by Gasteiger charge is 2.09. The predicted octanol–water partition coefficient (Wildman–Crippen LogP) is 5.97. The van der Waals surface area contributed by atoms with Crippen LogP contribution < -0.4 is 11.1 Å². The molecule has 28 heavy (non-hydrogen) atoms. The standard InChI is InChI=1S/C25H26N2O/c1-18(23-10-4-7-19-6-2-3-9-24(19)23)27-17-5-8-22-15-16-25(28-22)20-11-13-21(26)14-12-20/h2-4,6-7,9-16,18,27H,5,8,17,26H2,1H3. The first-order chi connectivity index (χ1) is 13.7. The van der Waals surface area contributed by atoms with E-state index in [2.05, 4.69) is 60.8 Å². The first-order valence-corrected chi connectivity index (χ1v) is 9.86. The molecule has 3 nitrogen and oxygen atoms in total. The summed E-state index contributed by atoms with van der Waals surface area (Å²) in [5, 5.41) is 6.26. The van der Waals surface area contributed by atoms with E-state index in [1.807, 2.05) is 30.3 Å². The molecule has 0 spiro atoms. The lowest BCUT2D eigenvalue weighted by Gasteiger charge is -2.16. The highest BCUT2D eigenvalue weighted by molar-refractivity contribution is 5.86. The molecule has 0 radical (unpaired) electrons. The van der Waals surface area contributed by atoms with Crippen molar-refractivity contribution in [3.63, 3.8) is 0 Å². The number of nitrogen functional groups attached to an aromatic ring is 1. The minimum atomic E-state index is 0.313. The highest BCUT2D eigenvalue weighted by atomic mass is 16.3. The largest absolute Gasteiger partial charge is 0.461 e. The van der Waals surface area contributed by atoms with Gasteiger partial charge in [0.1, 0.15) is 11.5 Å². The molecule has 1 atom stereocenters. The van der Waals surface area contributed by atoms with Crippen molar-refractivity contribution in [2.24, 2.45) is 0 Å². The number of furan rings is 1. The summed E-state index contributed by atoms with van der Waals surface area (Å²) in [4.78, 5) is 0. The number of aryl methyl sites for hydroxylation is 1. The third-order valence-corrected chi connectivity index (χ3v) is 5.20. The third kappa shape index (κ3) is 4.10. The molecule has 3 N–H and O–H groups in total. The first-order valence-electron chi connectivity index (χ1n) is 9.86. The van der Waals surface area contributed by atoms with Crippen LogP contribution in [0.1, 0.15) is 30.7 Å². The second-order valence-corrected chi connectivity index (χ2v) is 7.24. The number of nitrogens with one attached hydrogen (secondary N) is 1. The molecule has 0 aliphatic heterocycles. The summed E-state index contributed by atoms with van der Waals surface area (Å²) in [7, 11) is 0. The number of rotatable bonds is 7. The van der Waals surface area contributed by atoms with Crippen LogP contribution in [0.15, 0.2) is 83.3 Å². The van der Waals surface area contributed by atoms with Crippen LogP contribution in [-0.4, -0.2) is 6.54 Å². The van der Waals surface area contributed by atoms with Gasteiger partial charge in [-0.2, -0.15) is 0 Å². The second-order valence-electron chi connectivity index (χ2n) is 7.24. The lowest BCUT2D eigenvalue weighted by molar-refractivity contribution is 0.496. The van der Waals surface area contributed by atoms with Crippen molar-refractivity contribution in [1.82, 2.24) is 5.32 Å². The molecule has 1 unspecified atom stereocenters. The first kappa shape index (κ1) is 18.3. The van der Waals surface area contributed by atoms with Crippen LogP contribution >= 0.6 is 0 Å². The number of benzene rings is 3. The van der Waals surface area contributed by atoms with Gasteiger partial charge in [-0.15, -0.1) is 0 Å².